The lowest BCUT2D eigenvalue weighted by molar-refractivity contribution is 0.0492. The maximum absolute atomic E-state index is 13.5. The van der Waals surface area contributed by atoms with E-state index in [0.29, 0.717) is 37.2 Å². The van der Waals surface area contributed by atoms with Crippen LogP contribution in [0.5, 0.6) is 11.5 Å². The van der Waals surface area contributed by atoms with E-state index in [1.165, 1.54) is 6.07 Å². The van der Waals surface area contributed by atoms with Crippen LogP contribution in [0.25, 0.3) is 0 Å². The summed E-state index contributed by atoms with van der Waals surface area (Å²) in [6.45, 7) is 0.706. The van der Waals surface area contributed by atoms with Crippen LogP contribution >= 0.6 is 22.6 Å². The molecule has 0 aliphatic rings. The third-order valence-corrected chi connectivity index (χ3v) is 7.11. The molecule has 4 rings (SSSR count). The first-order valence-corrected chi connectivity index (χ1v) is 15.4. The van der Waals surface area contributed by atoms with Gasteiger partial charge < -0.3 is 24.4 Å². The highest BCUT2D eigenvalue weighted by molar-refractivity contribution is 14.1. The van der Waals surface area contributed by atoms with Gasteiger partial charge in [-0.1, -0.05) is 24.0 Å². The molecular weight excluding hydrogens is 687 g/mol. The molecule has 0 atom stereocenters. The van der Waals surface area contributed by atoms with Crippen LogP contribution in [-0.2, 0) is 4.74 Å². The summed E-state index contributed by atoms with van der Waals surface area (Å²) in [5.74, 6) is 5.32. The van der Waals surface area contributed by atoms with Gasteiger partial charge in [0.1, 0.15) is 11.5 Å². The summed E-state index contributed by atoms with van der Waals surface area (Å²) in [6, 6.07) is 25.0. The number of hydrogen-bond acceptors (Lipinski definition) is 8. The minimum atomic E-state index is -0.637. The van der Waals surface area contributed by atoms with Gasteiger partial charge in [-0.25, -0.2) is 9.59 Å². The van der Waals surface area contributed by atoms with Gasteiger partial charge in [0, 0.05) is 39.9 Å². The number of rotatable bonds is 13. The Bertz CT molecular complexity index is 1690. The highest BCUT2D eigenvalue weighted by atomic mass is 127. The van der Waals surface area contributed by atoms with Crippen molar-refractivity contribution in [2.75, 3.05) is 26.4 Å². The third-order valence-electron chi connectivity index (χ3n) is 6.43. The molecule has 0 aromatic heterocycles. The number of halogens is 1. The van der Waals surface area contributed by atoms with Crippen LogP contribution in [-0.4, -0.2) is 54.4 Å². The first-order valence-electron chi connectivity index (χ1n) is 14.3. The molecule has 0 unspecified atom stereocenters. The monoisotopic (exact) mass is 718 g/mol. The van der Waals surface area contributed by atoms with Gasteiger partial charge in [0.05, 0.1) is 29.9 Å². The number of ketones is 1. The molecular formula is C36H31IO8. The molecule has 0 amide bonds. The predicted molar refractivity (Wildman–Crippen MR) is 177 cm³/mol. The number of ether oxygens (including phenoxy) is 3. The van der Waals surface area contributed by atoms with Crippen LogP contribution in [0.2, 0.25) is 0 Å². The summed E-state index contributed by atoms with van der Waals surface area (Å²) in [6.07, 6.45) is 1.63. The number of benzene rings is 4. The standard InChI is InChI=1S/C36H31IO8/c37-30-15-18-32(34(40)28-5-3-6-29(23-28)35(41)44-21-2-1-19-38)33(24-30)45-36(42)27-13-9-25(10-14-27)7-8-26-11-16-31(17-12-26)43-22-4-20-39/h3,5-6,9-18,23-24,38-39H,1-2,4,19-22H2. The number of aliphatic hydroxyl groups excluding tert-OH is 2. The van der Waals surface area contributed by atoms with Crippen molar-refractivity contribution < 1.29 is 38.8 Å². The molecule has 4 aromatic rings. The van der Waals surface area contributed by atoms with Gasteiger partial charge in [-0.05, 0) is 114 Å². The number of aliphatic hydroxyl groups is 2. The number of carbonyl (C=O) groups is 3. The van der Waals surface area contributed by atoms with Crippen molar-refractivity contribution in [1.82, 2.24) is 0 Å². The Balaban J connectivity index is 1.43. The van der Waals surface area contributed by atoms with Crippen LogP contribution in [0, 0.1) is 15.4 Å². The van der Waals surface area contributed by atoms with E-state index in [-0.39, 0.29) is 47.8 Å². The molecule has 0 radical (unpaired) electrons. The molecule has 2 N–H and O–H groups in total. The minimum absolute atomic E-state index is 0.0190. The molecule has 0 bridgehead atoms. The zero-order chi connectivity index (χ0) is 32.0. The molecule has 0 aliphatic heterocycles. The Morgan fingerprint density at radius 1 is 0.667 bits per heavy atom. The first-order chi connectivity index (χ1) is 21.9. The van der Waals surface area contributed by atoms with Gasteiger partial charge >= 0.3 is 11.9 Å². The molecule has 0 fully saturated rings. The quantitative estimate of drug-likeness (QED) is 0.0443. The lowest BCUT2D eigenvalue weighted by Crippen LogP contribution is -2.13. The van der Waals surface area contributed by atoms with E-state index >= 15 is 0 Å². The number of unbranched alkanes of at least 4 members (excludes halogenated alkanes) is 1. The fourth-order valence-electron chi connectivity index (χ4n) is 4.06. The minimum Gasteiger partial charge on any atom is -0.494 e. The highest BCUT2D eigenvalue weighted by Gasteiger charge is 2.20. The molecule has 8 nitrogen and oxygen atoms in total. The van der Waals surface area contributed by atoms with Gasteiger partial charge in [-0.3, -0.25) is 4.79 Å². The van der Waals surface area contributed by atoms with Gasteiger partial charge in [0.2, 0.25) is 0 Å². The highest BCUT2D eigenvalue weighted by Crippen LogP contribution is 2.26. The second-order valence-electron chi connectivity index (χ2n) is 9.78. The predicted octanol–water partition coefficient (Wildman–Crippen LogP) is 5.83. The van der Waals surface area contributed by atoms with Crippen molar-refractivity contribution in [3.05, 3.63) is 128 Å². The Hall–Kier alpha value is -4.50. The molecule has 0 saturated carbocycles. The van der Waals surface area contributed by atoms with E-state index in [1.807, 2.05) is 24.3 Å². The fraction of sp³-hybridized carbons (Fsp3) is 0.194. The lowest BCUT2D eigenvalue weighted by Gasteiger charge is -2.11. The summed E-state index contributed by atoms with van der Waals surface area (Å²) < 4.78 is 17.2. The molecule has 0 heterocycles. The van der Waals surface area contributed by atoms with Crippen molar-refractivity contribution in [2.24, 2.45) is 0 Å². The van der Waals surface area contributed by atoms with E-state index in [0.717, 1.165) is 9.13 Å². The average Bonchev–Trinajstić information content (AvgIpc) is 3.06. The van der Waals surface area contributed by atoms with Gasteiger partial charge in [-0.15, -0.1) is 0 Å². The molecule has 0 saturated heterocycles. The van der Waals surface area contributed by atoms with E-state index in [9.17, 15) is 14.4 Å². The number of esters is 2. The summed E-state index contributed by atoms with van der Waals surface area (Å²) in [5, 5.41) is 17.7. The fourth-order valence-corrected chi connectivity index (χ4v) is 4.52. The van der Waals surface area contributed by atoms with Gasteiger partial charge in [-0.2, -0.15) is 0 Å². The molecule has 0 spiro atoms. The van der Waals surface area contributed by atoms with Crippen LogP contribution in [0.3, 0.4) is 0 Å². The van der Waals surface area contributed by atoms with Gasteiger partial charge in [0.25, 0.3) is 0 Å². The average molecular weight is 719 g/mol. The zero-order valence-corrected chi connectivity index (χ0v) is 26.5. The van der Waals surface area contributed by atoms with Crippen molar-refractivity contribution in [2.45, 2.75) is 19.3 Å². The van der Waals surface area contributed by atoms with Crippen LogP contribution in [0.1, 0.15) is 67.0 Å². The second kappa shape index (κ2) is 17.1. The van der Waals surface area contributed by atoms with Crippen LogP contribution in [0.15, 0.2) is 91.0 Å². The smallest absolute Gasteiger partial charge is 0.343 e. The topological polar surface area (TPSA) is 119 Å². The van der Waals surface area contributed by atoms with Crippen molar-refractivity contribution in [3.63, 3.8) is 0 Å². The Kier molecular flexibility index (Phi) is 12.7. The van der Waals surface area contributed by atoms with Crippen molar-refractivity contribution >= 4 is 40.3 Å². The Labute approximate surface area is 275 Å². The van der Waals surface area contributed by atoms with E-state index in [2.05, 4.69) is 34.4 Å². The van der Waals surface area contributed by atoms with E-state index in [4.69, 9.17) is 24.4 Å². The molecule has 0 aliphatic carbocycles. The zero-order valence-electron chi connectivity index (χ0n) is 24.3. The Morgan fingerprint density at radius 2 is 1.33 bits per heavy atom. The lowest BCUT2D eigenvalue weighted by atomic mass is 10.0. The summed E-state index contributed by atoms with van der Waals surface area (Å²) in [7, 11) is 0. The largest absolute Gasteiger partial charge is 0.494 e. The van der Waals surface area contributed by atoms with Crippen LogP contribution in [0.4, 0.5) is 0 Å². The van der Waals surface area contributed by atoms with E-state index < -0.39 is 17.7 Å². The summed E-state index contributed by atoms with van der Waals surface area (Å²) >= 11 is 2.07. The normalized spacial score (nSPS) is 10.4. The van der Waals surface area contributed by atoms with Crippen molar-refractivity contribution in [1.29, 1.82) is 0 Å². The maximum atomic E-state index is 13.5. The number of hydrogen-bond donors (Lipinski definition) is 2. The summed E-state index contributed by atoms with van der Waals surface area (Å²) in [5.41, 5.74) is 2.41. The maximum Gasteiger partial charge on any atom is 0.343 e. The second-order valence-corrected chi connectivity index (χ2v) is 11.0. The first kappa shape index (κ1) is 33.4. The molecule has 230 valence electrons. The molecule has 9 heteroatoms. The SMILES string of the molecule is O=C(OCCCCO)c1cccc(C(=O)c2ccc(I)cc2OC(=O)c2ccc(C#Cc3ccc(OCCCO)cc3)cc2)c1. The molecule has 4 aromatic carbocycles. The van der Waals surface area contributed by atoms with E-state index in [1.54, 1.807) is 60.7 Å². The molecule has 45 heavy (non-hydrogen) atoms. The Morgan fingerprint density at radius 3 is 2.02 bits per heavy atom. The van der Waals surface area contributed by atoms with Crippen molar-refractivity contribution in [3.8, 4) is 23.3 Å². The third kappa shape index (κ3) is 10.0. The van der Waals surface area contributed by atoms with Gasteiger partial charge in [0.15, 0.2) is 5.78 Å². The van der Waals surface area contributed by atoms with Crippen LogP contribution < -0.4 is 9.47 Å². The summed E-state index contributed by atoms with van der Waals surface area (Å²) in [4.78, 5) is 39.0. The number of carbonyl (C=O) groups excluding carboxylic acids is 3.